The Hall–Kier alpha value is -3.45. The first-order chi connectivity index (χ1) is 16.3. The van der Waals surface area contributed by atoms with Gasteiger partial charge in [0.2, 0.25) is 0 Å². The molecule has 0 aliphatic carbocycles. The second-order valence-corrected chi connectivity index (χ2v) is 8.31. The van der Waals surface area contributed by atoms with Crippen molar-refractivity contribution in [3.05, 3.63) is 101 Å². The summed E-state index contributed by atoms with van der Waals surface area (Å²) in [6.07, 6.45) is -4.49. The van der Waals surface area contributed by atoms with Crippen molar-refractivity contribution in [3.63, 3.8) is 0 Å². The highest BCUT2D eigenvalue weighted by Crippen LogP contribution is 2.38. The van der Waals surface area contributed by atoms with E-state index in [-0.39, 0.29) is 5.56 Å². The molecule has 176 valence electrons. The number of nitrogens with zero attached hydrogens (tertiary/aromatic N) is 1. The van der Waals surface area contributed by atoms with Crippen LogP contribution in [-0.2, 0) is 6.18 Å². The Morgan fingerprint density at radius 1 is 1.09 bits per heavy atom. The summed E-state index contributed by atoms with van der Waals surface area (Å²) in [5.41, 5.74) is 2.89. The first-order valence-corrected chi connectivity index (χ1v) is 11.2. The van der Waals surface area contributed by atoms with Gasteiger partial charge in [-0.25, -0.2) is 4.99 Å². The predicted molar refractivity (Wildman–Crippen MR) is 133 cm³/mol. The van der Waals surface area contributed by atoms with Crippen molar-refractivity contribution in [3.8, 4) is 0 Å². The molecule has 4 rings (SSSR count). The Morgan fingerprint density at radius 2 is 1.82 bits per heavy atom. The van der Waals surface area contributed by atoms with E-state index in [1.807, 2.05) is 36.4 Å². The van der Waals surface area contributed by atoms with Crippen molar-refractivity contribution < 1.29 is 13.2 Å². The van der Waals surface area contributed by atoms with Crippen molar-refractivity contribution in [1.29, 1.82) is 0 Å². The zero-order chi connectivity index (χ0) is 24.3. The highest BCUT2D eigenvalue weighted by Gasteiger charge is 2.36. The summed E-state index contributed by atoms with van der Waals surface area (Å²) in [4.78, 5) is 4.63. The highest BCUT2D eigenvalue weighted by molar-refractivity contribution is 6.31. The first kappa shape index (κ1) is 23.7. The number of benzene rings is 3. The SMILES string of the molecule is C=C(NC1=NC(c2ccccc2C(F)(F)F)Nc2ccccc21)c1ccc(Cl)cc1NCCC. The molecule has 0 radical (unpaired) electrons. The lowest BCUT2D eigenvalue weighted by Gasteiger charge is -2.28. The van der Waals surface area contributed by atoms with Crippen LogP contribution < -0.4 is 16.0 Å². The molecule has 1 unspecified atom stereocenters. The summed E-state index contributed by atoms with van der Waals surface area (Å²) in [6.45, 7) is 6.98. The Kier molecular flexibility index (Phi) is 6.84. The van der Waals surface area contributed by atoms with E-state index in [1.165, 1.54) is 12.1 Å². The van der Waals surface area contributed by atoms with Crippen molar-refractivity contribution in [2.45, 2.75) is 25.7 Å². The van der Waals surface area contributed by atoms with Gasteiger partial charge in [0.05, 0.1) is 5.56 Å². The Labute approximate surface area is 201 Å². The molecule has 3 aromatic rings. The number of rotatable bonds is 6. The molecule has 0 aromatic heterocycles. The molecule has 4 nitrogen and oxygen atoms in total. The molecule has 1 aliphatic heterocycles. The predicted octanol–water partition coefficient (Wildman–Crippen LogP) is 7.31. The summed E-state index contributed by atoms with van der Waals surface area (Å²) in [6, 6.07) is 18.2. The molecule has 1 aliphatic rings. The summed E-state index contributed by atoms with van der Waals surface area (Å²) < 4.78 is 41.0. The van der Waals surface area contributed by atoms with Gasteiger partial charge in [0.15, 0.2) is 0 Å². The Balaban J connectivity index is 1.72. The summed E-state index contributed by atoms with van der Waals surface area (Å²) in [7, 11) is 0. The number of nitrogens with one attached hydrogen (secondary N) is 3. The zero-order valence-electron chi connectivity index (χ0n) is 18.5. The number of halogens is 4. The fourth-order valence-corrected chi connectivity index (χ4v) is 4.00. The van der Waals surface area contributed by atoms with Gasteiger partial charge in [0.1, 0.15) is 12.0 Å². The molecule has 0 fully saturated rings. The maximum Gasteiger partial charge on any atom is 0.416 e. The van der Waals surface area contributed by atoms with Gasteiger partial charge in [-0.15, -0.1) is 0 Å². The van der Waals surface area contributed by atoms with Gasteiger partial charge in [0, 0.05) is 45.3 Å². The van der Waals surface area contributed by atoms with Crippen LogP contribution >= 0.6 is 11.6 Å². The first-order valence-electron chi connectivity index (χ1n) is 10.9. The van der Waals surface area contributed by atoms with E-state index in [2.05, 4.69) is 34.4 Å². The van der Waals surface area contributed by atoms with Crippen LogP contribution in [0.15, 0.2) is 78.3 Å². The number of aliphatic imine (C=N–C) groups is 1. The lowest BCUT2D eigenvalue weighted by atomic mass is 10.0. The summed E-state index contributed by atoms with van der Waals surface area (Å²) in [5.74, 6) is 0.428. The average molecular weight is 485 g/mol. The van der Waals surface area contributed by atoms with E-state index in [1.54, 1.807) is 12.1 Å². The van der Waals surface area contributed by atoms with Crippen molar-refractivity contribution in [1.82, 2.24) is 5.32 Å². The number of hydrogen-bond donors (Lipinski definition) is 3. The number of hydrogen-bond acceptors (Lipinski definition) is 4. The summed E-state index contributed by atoms with van der Waals surface area (Å²) in [5, 5.41) is 10.3. The monoisotopic (exact) mass is 484 g/mol. The van der Waals surface area contributed by atoms with Crippen molar-refractivity contribution in [2.75, 3.05) is 17.2 Å². The average Bonchev–Trinajstić information content (AvgIpc) is 2.82. The van der Waals surface area contributed by atoms with Gasteiger partial charge in [-0.3, -0.25) is 0 Å². The van der Waals surface area contributed by atoms with Crippen LogP contribution in [0, 0.1) is 0 Å². The molecule has 0 bridgehead atoms. The molecule has 8 heteroatoms. The molecule has 0 spiro atoms. The molecule has 3 aromatic carbocycles. The quantitative estimate of drug-likeness (QED) is 0.343. The second-order valence-electron chi connectivity index (χ2n) is 7.88. The van der Waals surface area contributed by atoms with Gasteiger partial charge in [-0.2, -0.15) is 13.2 Å². The number of alkyl halides is 3. The minimum absolute atomic E-state index is 0.0474. The van der Waals surface area contributed by atoms with Gasteiger partial charge in [-0.1, -0.05) is 55.4 Å². The number of para-hydroxylation sites is 1. The fourth-order valence-electron chi connectivity index (χ4n) is 3.83. The topological polar surface area (TPSA) is 48.5 Å². The molecule has 1 atom stereocenters. The van der Waals surface area contributed by atoms with E-state index >= 15 is 0 Å². The van der Waals surface area contributed by atoms with Crippen molar-refractivity contribution >= 4 is 34.5 Å². The van der Waals surface area contributed by atoms with Gasteiger partial charge < -0.3 is 16.0 Å². The molecular weight excluding hydrogens is 461 g/mol. The third kappa shape index (κ3) is 5.04. The maximum absolute atomic E-state index is 13.7. The van der Waals surface area contributed by atoms with Crippen LogP contribution in [-0.4, -0.2) is 12.4 Å². The zero-order valence-corrected chi connectivity index (χ0v) is 19.3. The molecule has 0 amide bonds. The molecule has 0 saturated heterocycles. The third-order valence-electron chi connectivity index (χ3n) is 5.43. The maximum atomic E-state index is 13.7. The van der Waals surface area contributed by atoms with E-state index < -0.39 is 17.9 Å². The lowest BCUT2D eigenvalue weighted by molar-refractivity contribution is -0.138. The third-order valence-corrected chi connectivity index (χ3v) is 5.67. The van der Waals surface area contributed by atoms with Gasteiger partial charge >= 0.3 is 6.18 Å². The molecular formula is C26H24ClF3N4. The van der Waals surface area contributed by atoms with E-state index in [0.29, 0.717) is 22.2 Å². The Bertz CT molecular complexity index is 1240. The molecule has 1 heterocycles. The fraction of sp³-hybridized carbons (Fsp3) is 0.192. The Morgan fingerprint density at radius 3 is 2.59 bits per heavy atom. The van der Waals surface area contributed by atoms with Crippen LogP contribution in [0.3, 0.4) is 0 Å². The molecule has 0 saturated carbocycles. The second kappa shape index (κ2) is 9.81. The number of amidine groups is 1. The number of fused-ring (bicyclic) bond motifs is 1. The molecule has 3 N–H and O–H groups in total. The van der Waals surface area contributed by atoms with Crippen LogP contribution in [0.1, 0.15) is 41.8 Å². The van der Waals surface area contributed by atoms with Crippen LogP contribution in [0.2, 0.25) is 5.02 Å². The van der Waals surface area contributed by atoms with Gasteiger partial charge in [-0.05, 0) is 42.8 Å². The van der Waals surface area contributed by atoms with Crippen LogP contribution in [0.4, 0.5) is 24.5 Å². The smallest absolute Gasteiger partial charge is 0.384 e. The minimum atomic E-state index is -4.49. The van der Waals surface area contributed by atoms with Crippen LogP contribution in [0.5, 0.6) is 0 Å². The normalized spacial score (nSPS) is 15.1. The van der Waals surface area contributed by atoms with Crippen molar-refractivity contribution in [2.24, 2.45) is 4.99 Å². The lowest BCUT2D eigenvalue weighted by Crippen LogP contribution is -2.30. The largest absolute Gasteiger partial charge is 0.416 e. The van der Waals surface area contributed by atoms with Crippen LogP contribution in [0.25, 0.3) is 5.70 Å². The van der Waals surface area contributed by atoms with Gasteiger partial charge in [0.25, 0.3) is 0 Å². The van der Waals surface area contributed by atoms with E-state index in [9.17, 15) is 13.2 Å². The number of anilines is 2. The molecule has 34 heavy (non-hydrogen) atoms. The highest BCUT2D eigenvalue weighted by atomic mass is 35.5. The minimum Gasteiger partial charge on any atom is -0.384 e. The summed E-state index contributed by atoms with van der Waals surface area (Å²) >= 11 is 6.18. The van der Waals surface area contributed by atoms with E-state index in [4.69, 9.17) is 11.6 Å². The van der Waals surface area contributed by atoms with E-state index in [0.717, 1.165) is 35.8 Å². The standard InChI is InChI=1S/C26H24ClF3N4/c1-3-14-31-23-15-17(27)12-13-18(23)16(2)32-25-20-9-5-7-11-22(20)33-24(34-25)19-8-4-6-10-21(19)26(28,29)30/h4-13,15,24,31,33H,2-3,14H2,1H3,(H,32,34).